The first-order valence-corrected chi connectivity index (χ1v) is 5.88. The third-order valence-corrected chi connectivity index (χ3v) is 3.46. The van der Waals surface area contributed by atoms with Crippen LogP contribution >= 0.6 is 22.9 Å². The molecule has 0 aliphatic rings. The Bertz CT molecular complexity index is 427. The molecule has 0 aliphatic heterocycles. The van der Waals surface area contributed by atoms with Crippen LogP contribution in [0, 0.1) is 0 Å². The van der Waals surface area contributed by atoms with E-state index in [0.717, 1.165) is 10.2 Å². The van der Waals surface area contributed by atoms with Crippen LogP contribution in [0.5, 0.6) is 0 Å². The number of pyridine rings is 1. The fourth-order valence-electron chi connectivity index (χ4n) is 1.30. The minimum absolute atomic E-state index is 0.234. The highest BCUT2D eigenvalue weighted by Crippen LogP contribution is 2.28. The highest BCUT2D eigenvalue weighted by atomic mass is 35.5. The largest absolute Gasteiger partial charge is 0.363 e. The first-order valence-electron chi connectivity index (χ1n) is 4.68. The van der Waals surface area contributed by atoms with E-state index < -0.39 is 0 Å². The molecule has 2 nitrogen and oxygen atoms in total. The van der Waals surface area contributed by atoms with Crippen LogP contribution in [0.15, 0.2) is 36.5 Å². The summed E-state index contributed by atoms with van der Waals surface area (Å²) in [4.78, 5) is 5.43. The number of hydrogen-bond donors (Lipinski definition) is 1. The number of halogens is 1. The zero-order valence-corrected chi connectivity index (χ0v) is 9.85. The lowest BCUT2D eigenvalue weighted by atomic mass is 10.3. The first-order chi connectivity index (χ1) is 7.25. The summed E-state index contributed by atoms with van der Waals surface area (Å²) < 4.78 is 0.819. The van der Waals surface area contributed by atoms with Gasteiger partial charge in [-0.05, 0) is 31.2 Å². The van der Waals surface area contributed by atoms with Gasteiger partial charge in [-0.25, -0.2) is 4.98 Å². The van der Waals surface area contributed by atoms with E-state index in [-0.39, 0.29) is 6.04 Å². The highest BCUT2D eigenvalue weighted by molar-refractivity contribution is 7.16. The topological polar surface area (TPSA) is 24.9 Å². The Kier molecular flexibility index (Phi) is 3.23. The van der Waals surface area contributed by atoms with E-state index in [2.05, 4.69) is 17.2 Å². The van der Waals surface area contributed by atoms with Gasteiger partial charge in [-0.2, -0.15) is 0 Å². The Morgan fingerprint density at radius 2 is 2.20 bits per heavy atom. The smallest absolute Gasteiger partial charge is 0.126 e. The molecule has 78 valence electrons. The summed E-state index contributed by atoms with van der Waals surface area (Å²) in [6.07, 6.45) is 1.77. The van der Waals surface area contributed by atoms with Crippen LogP contribution in [0.2, 0.25) is 4.34 Å². The predicted octanol–water partition coefficient (Wildman–Crippen LogP) is 3.97. The molecule has 0 aliphatic carbocycles. The van der Waals surface area contributed by atoms with Gasteiger partial charge < -0.3 is 5.32 Å². The third kappa shape index (κ3) is 2.70. The Balaban J connectivity index is 2.07. The fourth-order valence-corrected chi connectivity index (χ4v) is 2.37. The summed E-state index contributed by atoms with van der Waals surface area (Å²) in [6.45, 7) is 2.09. The molecule has 0 saturated carbocycles. The van der Waals surface area contributed by atoms with Gasteiger partial charge >= 0.3 is 0 Å². The molecule has 0 radical (unpaired) electrons. The molecule has 2 heterocycles. The van der Waals surface area contributed by atoms with Crippen molar-refractivity contribution in [2.45, 2.75) is 13.0 Å². The molecule has 0 spiro atoms. The van der Waals surface area contributed by atoms with Crippen molar-refractivity contribution in [3.05, 3.63) is 45.7 Å². The number of nitrogens with zero attached hydrogens (tertiary/aromatic N) is 1. The standard InChI is InChI=1S/C11H11ClN2S/c1-8(9-5-6-10(12)15-9)14-11-4-2-3-7-13-11/h2-8H,1H3,(H,13,14). The molecule has 0 amide bonds. The van der Waals surface area contributed by atoms with Crippen LogP contribution in [0.1, 0.15) is 17.8 Å². The van der Waals surface area contributed by atoms with Crippen LogP contribution in [-0.4, -0.2) is 4.98 Å². The minimum atomic E-state index is 0.234. The zero-order chi connectivity index (χ0) is 10.7. The molecule has 2 rings (SSSR count). The average Bonchev–Trinajstić information content (AvgIpc) is 2.66. The van der Waals surface area contributed by atoms with Gasteiger partial charge in [0.25, 0.3) is 0 Å². The molecular weight excluding hydrogens is 228 g/mol. The Morgan fingerprint density at radius 3 is 2.80 bits per heavy atom. The molecule has 4 heteroatoms. The van der Waals surface area contributed by atoms with E-state index in [1.54, 1.807) is 17.5 Å². The minimum Gasteiger partial charge on any atom is -0.363 e. The fraction of sp³-hybridized carbons (Fsp3) is 0.182. The molecule has 2 aromatic rings. The van der Waals surface area contributed by atoms with Gasteiger partial charge in [0.05, 0.1) is 10.4 Å². The predicted molar refractivity (Wildman–Crippen MR) is 65.6 cm³/mol. The van der Waals surface area contributed by atoms with E-state index in [0.29, 0.717) is 0 Å². The molecule has 0 bridgehead atoms. The zero-order valence-electron chi connectivity index (χ0n) is 8.27. The van der Waals surface area contributed by atoms with Gasteiger partial charge in [-0.15, -0.1) is 11.3 Å². The van der Waals surface area contributed by atoms with Gasteiger partial charge in [-0.3, -0.25) is 0 Å². The van der Waals surface area contributed by atoms with Crippen molar-refractivity contribution in [3.63, 3.8) is 0 Å². The summed E-state index contributed by atoms with van der Waals surface area (Å²) >= 11 is 7.47. The number of nitrogens with one attached hydrogen (secondary N) is 1. The van der Waals surface area contributed by atoms with Crippen LogP contribution in [0.3, 0.4) is 0 Å². The lowest BCUT2D eigenvalue weighted by Gasteiger charge is -2.12. The SMILES string of the molecule is CC(Nc1ccccn1)c1ccc(Cl)s1. The van der Waals surface area contributed by atoms with Gasteiger partial charge in [0, 0.05) is 11.1 Å². The molecular formula is C11H11ClN2S. The lowest BCUT2D eigenvalue weighted by molar-refractivity contribution is 0.896. The van der Waals surface area contributed by atoms with Crippen molar-refractivity contribution in [1.82, 2.24) is 4.98 Å². The van der Waals surface area contributed by atoms with Gasteiger partial charge in [0.2, 0.25) is 0 Å². The molecule has 0 aromatic carbocycles. The first kappa shape index (κ1) is 10.5. The average molecular weight is 239 g/mol. The summed E-state index contributed by atoms with van der Waals surface area (Å²) in [5, 5.41) is 3.31. The van der Waals surface area contributed by atoms with Crippen molar-refractivity contribution in [2.24, 2.45) is 0 Å². The van der Waals surface area contributed by atoms with Crippen molar-refractivity contribution in [2.75, 3.05) is 5.32 Å². The molecule has 1 N–H and O–H groups in total. The Hall–Kier alpha value is -1.06. The summed E-state index contributed by atoms with van der Waals surface area (Å²) in [5.41, 5.74) is 0. The van der Waals surface area contributed by atoms with E-state index in [1.165, 1.54) is 4.88 Å². The second kappa shape index (κ2) is 4.64. The van der Waals surface area contributed by atoms with Crippen LogP contribution in [0.4, 0.5) is 5.82 Å². The highest BCUT2D eigenvalue weighted by Gasteiger charge is 2.07. The summed E-state index contributed by atoms with van der Waals surface area (Å²) in [7, 11) is 0. The monoisotopic (exact) mass is 238 g/mol. The molecule has 2 aromatic heterocycles. The summed E-state index contributed by atoms with van der Waals surface area (Å²) in [6, 6.07) is 10.00. The molecule has 0 saturated heterocycles. The number of anilines is 1. The second-order valence-corrected chi connectivity index (χ2v) is 4.97. The van der Waals surface area contributed by atoms with Crippen LogP contribution in [-0.2, 0) is 0 Å². The van der Waals surface area contributed by atoms with E-state index in [4.69, 9.17) is 11.6 Å². The maximum absolute atomic E-state index is 5.88. The van der Waals surface area contributed by atoms with Gasteiger partial charge in [-0.1, -0.05) is 17.7 Å². The molecule has 15 heavy (non-hydrogen) atoms. The lowest BCUT2D eigenvalue weighted by Crippen LogP contribution is -2.05. The van der Waals surface area contributed by atoms with Crippen molar-refractivity contribution in [3.8, 4) is 0 Å². The van der Waals surface area contributed by atoms with Crippen molar-refractivity contribution < 1.29 is 0 Å². The number of hydrogen-bond acceptors (Lipinski definition) is 3. The van der Waals surface area contributed by atoms with Gasteiger partial charge in [0.1, 0.15) is 5.82 Å². The maximum atomic E-state index is 5.88. The number of thiophene rings is 1. The Labute approximate surface area is 97.9 Å². The van der Waals surface area contributed by atoms with Crippen LogP contribution < -0.4 is 5.32 Å². The van der Waals surface area contributed by atoms with E-state index in [1.807, 2.05) is 30.3 Å². The summed E-state index contributed by atoms with van der Waals surface area (Å²) in [5.74, 6) is 0.884. The molecule has 0 fully saturated rings. The third-order valence-electron chi connectivity index (χ3n) is 2.05. The van der Waals surface area contributed by atoms with Crippen LogP contribution in [0.25, 0.3) is 0 Å². The molecule has 1 atom stereocenters. The number of aromatic nitrogens is 1. The van der Waals surface area contributed by atoms with E-state index in [9.17, 15) is 0 Å². The van der Waals surface area contributed by atoms with Crippen molar-refractivity contribution in [1.29, 1.82) is 0 Å². The van der Waals surface area contributed by atoms with Crippen molar-refractivity contribution >= 4 is 28.8 Å². The maximum Gasteiger partial charge on any atom is 0.126 e. The Morgan fingerprint density at radius 1 is 1.33 bits per heavy atom. The quantitative estimate of drug-likeness (QED) is 0.875. The van der Waals surface area contributed by atoms with Gasteiger partial charge in [0.15, 0.2) is 0 Å². The van der Waals surface area contributed by atoms with E-state index >= 15 is 0 Å². The number of rotatable bonds is 3. The molecule has 1 unspecified atom stereocenters. The second-order valence-electron chi connectivity index (χ2n) is 3.22. The normalized spacial score (nSPS) is 12.4.